The van der Waals surface area contributed by atoms with Crippen LogP contribution in [0.2, 0.25) is 0 Å². The summed E-state index contributed by atoms with van der Waals surface area (Å²) in [5.74, 6) is 1.19. The van der Waals surface area contributed by atoms with Crippen LogP contribution in [0.15, 0.2) is 24.3 Å². The molecule has 2 atom stereocenters. The lowest BCUT2D eigenvalue weighted by molar-refractivity contribution is -0.126. The van der Waals surface area contributed by atoms with Crippen LogP contribution in [0.1, 0.15) is 31.4 Å². The Morgan fingerprint density at radius 1 is 1.36 bits per heavy atom. The third-order valence-corrected chi connectivity index (χ3v) is 4.92. The first-order chi connectivity index (χ1) is 12.2. The highest BCUT2D eigenvalue weighted by atomic mass is 16.7. The van der Waals surface area contributed by atoms with Gasteiger partial charge in [-0.15, -0.1) is 0 Å². The number of piperidine rings is 1. The minimum Gasteiger partial charge on any atom is -0.496 e. The van der Waals surface area contributed by atoms with Crippen LogP contribution in [0.3, 0.4) is 0 Å². The van der Waals surface area contributed by atoms with Crippen LogP contribution in [-0.2, 0) is 14.3 Å². The minimum absolute atomic E-state index is 0.0346. The zero-order valence-electron chi connectivity index (χ0n) is 15.1. The van der Waals surface area contributed by atoms with Gasteiger partial charge in [-0.3, -0.25) is 9.69 Å². The van der Waals surface area contributed by atoms with Crippen molar-refractivity contribution < 1.29 is 19.0 Å². The highest BCUT2D eigenvalue weighted by Gasteiger charge is 2.31. The number of benzene rings is 1. The molecule has 25 heavy (non-hydrogen) atoms. The van der Waals surface area contributed by atoms with Crippen LogP contribution in [-0.4, -0.2) is 57.1 Å². The van der Waals surface area contributed by atoms with Gasteiger partial charge in [0.2, 0.25) is 5.91 Å². The van der Waals surface area contributed by atoms with Crippen molar-refractivity contribution in [3.05, 3.63) is 29.8 Å². The highest BCUT2D eigenvalue weighted by Crippen LogP contribution is 2.26. The summed E-state index contributed by atoms with van der Waals surface area (Å²) in [4.78, 5) is 14.7. The third kappa shape index (κ3) is 4.71. The Balaban J connectivity index is 1.51. The summed E-state index contributed by atoms with van der Waals surface area (Å²) in [6.45, 7) is 5.54. The number of hydrogen-bond donors (Lipinski definition) is 1. The van der Waals surface area contributed by atoms with Crippen LogP contribution in [0.4, 0.5) is 0 Å². The van der Waals surface area contributed by atoms with Gasteiger partial charge in [-0.2, -0.15) is 0 Å². The molecule has 0 radical (unpaired) electrons. The number of methoxy groups -OCH3 is 1. The molecule has 0 aromatic heterocycles. The lowest BCUT2D eigenvalue weighted by Gasteiger charge is -2.34. The molecule has 138 valence electrons. The van der Waals surface area contributed by atoms with Crippen LogP contribution < -0.4 is 10.1 Å². The van der Waals surface area contributed by atoms with Gasteiger partial charge in [0, 0.05) is 18.0 Å². The fourth-order valence-corrected chi connectivity index (χ4v) is 3.70. The molecular weight excluding hydrogens is 320 g/mol. The van der Waals surface area contributed by atoms with Gasteiger partial charge in [-0.05, 0) is 32.4 Å². The van der Waals surface area contributed by atoms with Crippen LogP contribution in [0.5, 0.6) is 5.75 Å². The number of nitrogens with one attached hydrogen (secondary N) is 1. The Bertz CT molecular complexity index is 574. The number of para-hydroxylation sites is 1. The summed E-state index contributed by atoms with van der Waals surface area (Å²) >= 11 is 0. The number of nitrogens with zero attached hydrogens (tertiary/aromatic N) is 1. The van der Waals surface area contributed by atoms with Crippen molar-refractivity contribution in [2.24, 2.45) is 5.92 Å². The largest absolute Gasteiger partial charge is 0.496 e. The number of likely N-dealkylation sites (tertiary alicyclic amines) is 1. The zero-order chi connectivity index (χ0) is 17.6. The predicted molar refractivity (Wildman–Crippen MR) is 94.4 cm³/mol. The second kappa shape index (κ2) is 8.65. The van der Waals surface area contributed by atoms with E-state index in [-0.39, 0.29) is 18.2 Å². The van der Waals surface area contributed by atoms with Gasteiger partial charge in [-0.1, -0.05) is 18.2 Å². The van der Waals surface area contributed by atoms with E-state index in [0.29, 0.717) is 25.7 Å². The topological polar surface area (TPSA) is 60.0 Å². The monoisotopic (exact) mass is 348 g/mol. The number of carbonyl (C=O) groups is 1. The van der Waals surface area contributed by atoms with Crippen molar-refractivity contribution in [2.75, 3.05) is 40.0 Å². The minimum atomic E-state index is -0.0987. The molecule has 1 aromatic carbocycles. The number of amides is 1. The zero-order valence-corrected chi connectivity index (χ0v) is 15.1. The molecular formula is C19H28N2O4. The Morgan fingerprint density at radius 3 is 2.88 bits per heavy atom. The Morgan fingerprint density at radius 2 is 2.12 bits per heavy atom. The smallest absolute Gasteiger partial charge is 0.234 e. The van der Waals surface area contributed by atoms with E-state index in [2.05, 4.69) is 10.2 Å². The molecule has 1 N–H and O–H groups in total. The molecule has 2 unspecified atom stereocenters. The van der Waals surface area contributed by atoms with E-state index in [1.807, 2.05) is 31.2 Å². The van der Waals surface area contributed by atoms with Crippen molar-refractivity contribution in [1.29, 1.82) is 0 Å². The fourth-order valence-electron chi connectivity index (χ4n) is 3.70. The molecule has 2 aliphatic heterocycles. The Hall–Kier alpha value is -1.63. The summed E-state index contributed by atoms with van der Waals surface area (Å²) < 4.78 is 16.6. The van der Waals surface area contributed by atoms with Gasteiger partial charge < -0.3 is 19.5 Å². The van der Waals surface area contributed by atoms with Crippen molar-refractivity contribution in [1.82, 2.24) is 10.2 Å². The van der Waals surface area contributed by atoms with Crippen LogP contribution in [0.25, 0.3) is 0 Å². The Kier molecular flexibility index (Phi) is 6.29. The molecule has 2 heterocycles. The van der Waals surface area contributed by atoms with Crippen molar-refractivity contribution in [3.63, 3.8) is 0 Å². The van der Waals surface area contributed by atoms with E-state index < -0.39 is 0 Å². The summed E-state index contributed by atoms with van der Waals surface area (Å²) in [5, 5.41) is 3.08. The second-order valence-electron chi connectivity index (χ2n) is 6.78. The van der Waals surface area contributed by atoms with Crippen molar-refractivity contribution in [3.8, 4) is 5.75 Å². The molecule has 0 bridgehead atoms. The number of hydrogen-bond acceptors (Lipinski definition) is 5. The molecule has 0 spiro atoms. The van der Waals surface area contributed by atoms with Gasteiger partial charge in [0.05, 0.1) is 32.9 Å². The molecule has 2 fully saturated rings. The summed E-state index contributed by atoms with van der Waals surface area (Å²) in [6, 6.07) is 7.69. The third-order valence-electron chi connectivity index (χ3n) is 4.92. The van der Waals surface area contributed by atoms with Crippen molar-refractivity contribution >= 4 is 5.91 Å². The lowest BCUT2D eigenvalue weighted by Crippen LogP contribution is -2.45. The van der Waals surface area contributed by atoms with Gasteiger partial charge in [-0.25, -0.2) is 0 Å². The average molecular weight is 348 g/mol. The van der Waals surface area contributed by atoms with Gasteiger partial charge in [0.1, 0.15) is 5.75 Å². The molecule has 0 aliphatic carbocycles. The first-order valence-electron chi connectivity index (χ1n) is 9.05. The quantitative estimate of drug-likeness (QED) is 0.852. The van der Waals surface area contributed by atoms with Crippen LogP contribution >= 0.6 is 0 Å². The maximum absolute atomic E-state index is 12.5. The Labute approximate surface area is 149 Å². The first-order valence-corrected chi connectivity index (χ1v) is 9.05. The first kappa shape index (κ1) is 18.2. The molecule has 3 rings (SSSR count). The molecule has 6 heteroatoms. The van der Waals surface area contributed by atoms with E-state index in [1.54, 1.807) is 7.11 Å². The van der Waals surface area contributed by atoms with E-state index in [1.165, 1.54) is 0 Å². The van der Waals surface area contributed by atoms with E-state index in [4.69, 9.17) is 14.2 Å². The normalized spacial score (nSPS) is 23.4. The maximum Gasteiger partial charge on any atom is 0.234 e. The highest BCUT2D eigenvalue weighted by molar-refractivity contribution is 5.78. The van der Waals surface area contributed by atoms with Crippen LogP contribution in [0, 0.1) is 5.92 Å². The number of carbonyl (C=O) groups excluding carboxylic acids is 1. The van der Waals surface area contributed by atoms with E-state index >= 15 is 0 Å². The SMILES string of the molecule is COc1ccccc1C(C)NC(=O)CN1CCCC(C2OCCO2)C1. The standard InChI is InChI=1S/C19H28N2O4/c1-14(16-7-3-4-8-17(16)23-2)20-18(22)13-21-9-5-6-15(12-21)19-24-10-11-25-19/h3-4,7-8,14-15,19H,5-6,9-13H2,1-2H3,(H,20,22). The number of rotatable bonds is 6. The van der Waals surface area contributed by atoms with Gasteiger partial charge in [0.25, 0.3) is 0 Å². The van der Waals surface area contributed by atoms with E-state index in [9.17, 15) is 4.79 Å². The summed E-state index contributed by atoms with van der Waals surface area (Å²) in [6.07, 6.45) is 2.07. The average Bonchev–Trinajstić information content (AvgIpc) is 3.16. The van der Waals surface area contributed by atoms with Crippen molar-refractivity contribution in [2.45, 2.75) is 32.1 Å². The summed E-state index contributed by atoms with van der Waals surface area (Å²) in [7, 11) is 1.65. The van der Waals surface area contributed by atoms with Gasteiger partial charge >= 0.3 is 0 Å². The molecule has 2 saturated heterocycles. The molecule has 1 aromatic rings. The lowest BCUT2D eigenvalue weighted by atomic mass is 9.97. The summed E-state index contributed by atoms with van der Waals surface area (Å²) in [5.41, 5.74) is 0.989. The second-order valence-corrected chi connectivity index (χ2v) is 6.78. The van der Waals surface area contributed by atoms with Gasteiger partial charge in [0.15, 0.2) is 6.29 Å². The maximum atomic E-state index is 12.5. The molecule has 6 nitrogen and oxygen atoms in total. The number of ether oxygens (including phenoxy) is 3. The van der Waals surface area contributed by atoms with E-state index in [0.717, 1.165) is 37.2 Å². The molecule has 1 amide bonds. The fraction of sp³-hybridized carbons (Fsp3) is 0.632. The molecule has 2 aliphatic rings. The molecule has 0 saturated carbocycles. The predicted octanol–water partition coefficient (Wildman–Crippen LogP) is 1.96.